The lowest BCUT2D eigenvalue weighted by Crippen LogP contribution is -2.25. The average molecular weight is 306 g/mol. The summed E-state index contributed by atoms with van der Waals surface area (Å²) in [6.45, 7) is -0.152. The minimum absolute atomic E-state index is 0.0561. The van der Waals surface area contributed by atoms with E-state index in [2.05, 4.69) is 10.7 Å². The second-order valence-electron chi connectivity index (χ2n) is 4.11. The molecule has 21 heavy (non-hydrogen) atoms. The molecule has 0 radical (unpaired) electrons. The Morgan fingerprint density at radius 2 is 2.05 bits per heavy atom. The van der Waals surface area contributed by atoms with Crippen LogP contribution in [0.4, 0.5) is 24.5 Å². The largest absolute Gasteiger partial charge is 0.389 e. The molecule has 0 saturated heterocycles. The number of benzene rings is 1. The lowest BCUT2D eigenvalue weighted by atomic mass is 10.1. The number of carbonyl (C=O) groups is 1. The van der Waals surface area contributed by atoms with E-state index in [0.29, 0.717) is 0 Å². The number of alkyl halides is 3. The number of rotatable bonds is 6. The fraction of sp³-hybridized carbons (Fsp3) is 0.364. The molecule has 10 heteroatoms. The van der Waals surface area contributed by atoms with Crippen molar-refractivity contribution in [3.8, 4) is 0 Å². The Labute approximate surface area is 117 Å². The number of nitrogens with one attached hydrogen (secondary N) is 2. The van der Waals surface area contributed by atoms with Gasteiger partial charge in [0.15, 0.2) is 0 Å². The van der Waals surface area contributed by atoms with Gasteiger partial charge in [-0.1, -0.05) is 0 Å². The number of nitro benzene ring substituents is 1. The number of carbonyl (C=O) groups excluding carboxylic acids is 1. The number of halogens is 3. The first-order valence-corrected chi connectivity index (χ1v) is 5.84. The third kappa shape index (κ3) is 5.26. The predicted octanol–water partition coefficient (Wildman–Crippen LogP) is 1.95. The van der Waals surface area contributed by atoms with Crippen LogP contribution in [-0.4, -0.2) is 23.6 Å². The number of hydrazine groups is 1. The van der Waals surface area contributed by atoms with Crippen molar-refractivity contribution in [3.05, 3.63) is 33.9 Å². The van der Waals surface area contributed by atoms with Crippen molar-refractivity contribution < 1.29 is 22.9 Å². The number of amides is 1. The van der Waals surface area contributed by atoms with Crippen molar-refractivity contribution in [1.29, 1.82) is 0 Å². The van der Waals surface area contributed by atoms with Crippen molar-refractivity contribution >= 4 is 17.3 Å². The third-order valence-electron chi connectivity index (χ3n) is 2.53. The smallest absolute Gasteiger partial charge is 0.352 e. The lowest BCUT2D eigenvalue weighted by molar-refractivity contribution is -0.384. The fourth-order valence-electron chi connectivity index (χ4n) is 1.54. The normalized spacial score (nSPS) is 11.0. The van der Waals surface area contributed by atoms with Gasteiger partial charge in [-0.05, 0) is 18.6 Å². The van der Waals surface area contributed by atoms with E-state index in [9.17, 15) is 28.1 Å². The number of nitrogen functional groups attached to an aromatic ring is 1. The van der Waals surface area contributed by atoms with Gasteiger partial charge in [-0.15, -0.1) is 0 Å². The number of hydrogen-bond donors (Lipinski definition) is 3. The van der Waals surface area contributed by atoms with Crippen molar-refractivity contribution in [3.63, 3.8) is 0 Å². The van der Waals surface area contributed by atoms with Crippen LogP contribution in [0.15, 0.2) is 18.2 Å². The highest BCUT2D eigenvalue weighted by Crippen LogP contribution is 2.24. The fourth-order valence-corrected chi connectivity index (χ4v) is 1.54. The topological polar surface area (TPSA) is 110 Å². The molecule has 1 amide bonds. The maximum atomic E-state index is 11.9. The maximum absolute atomic E-state index is 11.9. The van der Waals surface area contributed by atoms with Gasteiger partial charge in [0.25, 0.3) is 11.6 Å². The molecular formula is C11H13F3N4O3. The predicted molar refractivity (Wildman–Crippen MR) is 68.5 cm³/mol. The Morgan fingerprint density at radius 1 is 1.38 bits per heavy atom. The Hall–Kier alpha value is -2.36. The summed E-state index contributed by atoms with van der Waals surface area (Å²) in [5, 5.41) is 13.0. The highest BCUT2D eigenvalue weighted by Gasteiger charge is 2.26. The number of hydrogen-bond acceptors (Lipinski definition) is 5. The Bertz CT molecular complexity index is 534. The van der Waals surface area contributed by atoms with Crippen LogP contribution in [0.1, 0.15) is 23.2 Å². The van der Waals surface area contributed by atoms with Gasteiger partial charge in [-0.2, -0.15) is 13.2 Å². The molecule has 0 heterocycles. The molecule has 0 spiro atoms. The number of nitro groups is 1. The molecular weight excluding hydrogens is 293 g/mol. The Balaban J connectivity index is 2.65. The second-order valence-corrected chi connectivity index (χ2v) is 4.11. The van der Waals surface area contributed by atoms with Gasteiger partial charge in [0.1, 0.15) is 5.69 Å². The maximum Gasteiger partial charge on any atom is 0.389 e. The van der Waals surface area contributed by atoms with Crippen LogP contribution in [0.3, 0.4) is 0 Å². The molecule has 0 aliphatic rings. The van der Waals surface area contributed by atoms with Crippen molar-refractivity contribution in [2.45, 2.75) is 19.0 Å². The molecule has 1 rings (SSSR count). The van der Waals surface area contributed by atoms with Gasteiger partial charge < -0.3 is 10.7 Å². The molecule has 0 saturated carbocycles. The number of nitrogens with zero attached hydrogens (tertiary/aromatic N) is 1. The molecule has 0 bridgehead atoms. The van der Waals surface area contributed by atoms with Gasteiger partial charge >= 0.3 is 6.18 Å². The summed E-state index contributed by atoms with van der Waals surface area (Å²) >= 11 is 0. The summed E-state index contributed by atoms with van der Waals surface area (Å²) in [5.74, 6) is 4.48. The molecule has 0 aliphatic carbocycles. The molecule has 7 nitrogen and oxygen atoms in total. The van der Waals surface area contributed by atoms with Crippen LogP contribution in [0.25, 0.3) is 0 Å². The van der Waals surface area contributed by atoms with Crippen molar-refractivity contribution in [2.24, 2.45) is 5.84 Å². The minimum Gasteiger partial charge on any atom is -0.352 e. The Kier molecular flexibility index (Phi) is 5.47. The van der Waals surface area contributed by atoms with E-state index in [1.807, 2.05) is 0 Å². The molecule has 0 atom stereocenters. The van der Waals surface area contributed by atoms with Gasteiger partial charge in [-0.3, -0.25) is 20.8 Å². The van der Waals surface area contributed by atoms with Crippen LogP contribution in [0.5, 0.6) is 0 Å². The summed E-state index contributed by atoms with van der Waals surface area (Å²) in [5.41, 5.74) is 1.76. The molecule has 0 fully saturated rings. The van der Waals surface area contributed by atoms with Gasteiger partial charge in [-0.25, -0.2) is 0 Å². The highest BCUT2D eigenvalue weighted by atomic mass is 19.4. The highest BCUT2D eigenvalue weighted by molar-refractivity contribution is 5.95. The van der Waals surface area contributed by atoms with Gasteiger partial charge in [0.2, 0.25) is 0 Å². The summed E-state index contributed by atoms with van der Waals surface area (Å²) in [7, 11) is 0. The van der Waals surface area contributed by atoms with E-state index in [1.54, 1.807) is 0 Å². The average Bonchev–Trinajstić information content (AvgIpc) is 2.41. The molecule has 1 aromatic carbocycles. The minimum atomic E-state index is -4.27. The monoisotopic (exact) mass is 306 g/mol. The van der Waals surface area contributed by atoms with Gasteiger partial charge in [0.05, 0.1) is 4.92 Å². The zero-order valence-corrected chi connectivity index (χ0v) is 10.7. The summed E-state index contributed by atoms with van der Waals surface area (Å²) in [6.07, 6.45) is -5.51. The van der Waals surface area contributed by atoms with Crippen molar-refractivity contribution in [1.82, 2.24) is 5.32 Å². The van der Waals surface area contributed by atoms with E-state index < -0.39 is 23.4 Å². The van der Waals surface area contributed by atoms with Crippen LogP contribution >= 0.6 is 0 Å². The van der Waals surface area contributed by atoms with E-state index >= 15 is 0 Å². The zero-order chi connectivity index (χ0) is 16.0. The zero-order valence-electron chi connectivity index (χ0n) is 10.7. The van der Waals surface area contributed by atoms with Crippen molar-refractivity contribution in [2.75, 3.05) is 12.0 Å². The molecule has 0 aromatic heterocycles. The third-order valence-corrected chi connectivity index (χ3v) is 2.53. The van der Waals surface area contributed by atoms with Gasteiger partial charge in [0, 0.05) is 24.6 Å². The first-order valence-electron chi connectivity index (χ1n) is 5.84. The van der Waals surface area contributed by atoms with Crippen LogP contribution in [-0.2, 0) is 0 Å². The number of anilines is 1. The first-order chi connectivity index (χ1) is 9.74. The van der Waals surface area contributed by atoms with Crippen LogP contribution in [0.2, 0.25) is 0 Å². The van der Waals surface area contributed by atoms with E-state index in [-0.39, 0.29) is 29.9 Å². The van der Waals surface area contributed by atoms with E-state index in [4.69, 9.17) is 5.84 Å². The molecule has 1 aromatic rings. The molecule has 0 unspecified atom stereocenters. The Morgan fingerprint density at radius 3 is 2.57 bits per heavy atom. The lowest BCUT2D eigenvalue weighted by Gasteiger charge is -2.08. The number of nitrogens with two attached hydrogens (primary N) is 1. The second kappa shape index (κ2) is 6.88. The van der Waals surface area contributed by atoms with Crippen LogP contribution < -0.4 is 16.6 Å². The van der Waals surface area contributed by atoms with E-state index in [0.717, 1.165) is 12.1 Å². The molecule has 116 valence electrons. The van der Waals surface area contributed by atoms with E-state index in [1.165, 1.54) is 6.07 Å². The quantitative estimate of drug-likeness (QED) is 0.322. The summed E-state index contributed by atoms with van der Waals surface area (Å²) < 4.78 is 35.8. The summed E-state index contributed by atoms with van der Waals surface area (Å²) in [6, 6.07) is 3.43. The standard InChI is InChI=1S/C11H13F3N4O3/c12-11(13,14)4-1-5-16-10(19)7-2-3-9(18(20)21)8(6-7)17-15/h2-3,6,17H,1,4-5,15H2,(H,16,19). The first kappa shape index (κ1) is 16.7. The SMILES string of the molecule is NNc1cc(C(=O)NCCCC(F)(F)F)ccc1[N+](=O)[O-]. The summed E-state index contributed by atoms with van der Waals surface area (Å²) in [4.78, 5) is 21.7. The molecule has 4 N–H and O–H groups in total. The molecule has 0 aliphatic heterocycles. The van der Waals surface area contributed by atoms with Crippen LogP contribution in [0, 0.1) is 10.1 Å².